The molecule has 0 N–H and O–H groups in total. The van der Waals surface area contributed by atoms with E-state index in [9.17, 15) is 4.79 Å². The smallest absolute Gasteiger partial charge is 0.317 e. The molecule has 0 bridgehead atoms. The molecule has 5 nitrogen and oxygen atoms in total. The molecule has 1 aliphatic rings. The maximum Gasteiger partial charge on any atom is 0.317 e. The van der Waals surface area contributed by atoms with E-state index in [1.807, 2.05) is 31.2 Å². The lowest BCUT2D eigenvalue weighted by atomic mass is 9.88. The lowest BCUT2D eigenvalue weighted by Gasteiger charge is -2.38. The van der Waals surface area contributed by atoms with Crippen molar-refractivity contribution in [3.8, 4) is 5.75 Å². The van der Waals surface area contributed by atoms with Crippen molar-refractivity contribution in [2.75, 3.05) is 13.7 Å². The number of benzene rings is 1. The van der Waals surface area contributed by atoms with E-state index >= 15 is 0 Å². The zero-order chi connectivity index (χ0) is 20.6. The summed E-state index contributed by atoms with van der Waals surface area (Å²) in [6, 6.07) is 12.3. The molecule has 0 radical (unpaired) electrons. The van der Waals surface area contributed by atoms with E-state index in [0.29, 0.717) is 18.8 Å². The maximum atomic E-state index is 12.9. The summed E-state index contributed by atoms with van der Waals surface area (Å²) in [6.45, 7) is 9.04. The molecule has 0 spiro atoms. The van der Waals surface area contributed by atoms with Crippen LogP contribution in [0.15, 0.2) is 42.2 Å². The van der Waals surface area contributed by atoms with Crippen molar-refractivity contribution in [1.82, 2.24) is 0 Å². The summed E-state index contributed by atoms with van der Waals surface area (Å²) >= 11 is 0. The van der Waals surface area contributed by atoms with Crippen molar-refractivity contribution in [3.63, 3.8) is 0 Å². The molecule has 0 fully saturated rings. The minimum absolute atomic E-state index is 0.262. The number of para-hydroxylation sites is 1. The highest BCUT2D eigenvalue weighted by Gasteiger charge is 2.41. The molecular weight excluding hydrogens is 372 g/mol. The van der Waals surface area contributed by atoms with Crippen molar-refractivity contribution in [3.05, 3.63) is 42.2 Å². The SMILES string of the molecule is CCO[C@H]1C=C(O[Si](CC)(CC)CC)[C@H](OC)C[C@H]1C(=O)Oc1ccccc1. The number of esters is 1. The Morgan fingerprint density at radius 3 is 2.25 bits per heavy atom. The second kappa shape index (κ2) is 10.8. The Bertz CT molecular complexity index is 633. The van der Waals surface area contributed by atoms with Gasteiger partial charge in [0.25, 0.3) is 0 Å². The van der Waals surface area contributed by atoms with Crippen LogP contribution < -0.4 is 4.74 Å². The fourth-order valence-corrected chi connectivity index (χ4v) is 6.29. The Hall–Kier alpha value is -1.63. The van der Waals surface area contributed by atoms with E-state index in [-0.39, 0.29) is 18.2 Å². The van der Waals surface area contributed by atoms with Crippen LogP contribution in [0.3, 0.4) is 0 Å². The molecule has 156 valence electrons. The third-order valence-corrected chi connectivity index (χ3v) is 10.2. The first kappa shape index (κ1) is 22.7. The zero-order valence-electron chi connectivity index (χ0n) is 17.8. The van der Waals surface area contributed by atoms with Crippen molar-refractivity contribution >= 4 is 14.3 Å². The summed E-state index contributed by atoms with van der Waals surface area (Å²) < 4.78 is 23.8. The molecule has 0 amide bonds. The Morgan fingerprint density at radius 2 is 1.71 bits per heavy atom. The van der Waals surface area contributed by atoms with Crippen LogP contribution in [0.25, 0.3) is 0 Å². The van der Waals surface area contributed by atoms with E-state index in [1.54, 1.807) is 19.2 Å². The van der Waals surface area contributed by atoms with E-state index in [4.69, 9.17) is 18.6 Å². The van der Waals surface area contributed by atoms with E-state index < -0.39 is 14.2 Å². The van der Waals surface area contributed by atoms with E-state index in [1.165, 1.54) is 0 Å². The Balaban J connectivity index is 2.25. The van der Waals surface area contributed by atoms with Gasteiger partial charge in [0.1, 0.15) is 17.6 Å². The number of carbonyl (C=O) groups is 1. The molecule has 2 rings (SSSR count). The quantitative estimate of drug-likeness (QED) is 0.313. The molecular formula is C22H34O5Si. The monoisotopic (exact) mass is 406 g/mol. The highest BCUT2D eigenvalue weighted by molar-refractivity contribution is 6.73. The molecule has 0 aromatic heterocycles. The lowest BCUT2D eigenvalue weighted by Crippen LogP contribution is -2.44. The Morgan fingerprint density at radius 1 is 1.07 bits per heavy atom. The van der Waals surface area contributed by atoms with Crippen LogP contribution in [0.4, 0.5) is 0 Å². The molecule has 0 aliphatic heterocycles. The summed E-state index contributed by atoms with van der Waals surface area (Å²) in [6.07, 6.45) is 1.79. The summed E-state index contributed by atoms with van der Waals surface area (Å²) in [5.41, 5.74) is 0. The average Bonchev–Trinajstić information content (AvgIpc) is 2.73. The van der Waals surface area contributed by atoms with Crippen LogP contribution in [-0.2, 0) is 18.7 Å². The molecule has 6 heteroatoms. The zero-order valence-corrected chi connectivity index (χ0v) is 18.8. The Labute approximate surface area is 170 Å². The highest BCUT2D eigenvalue weighted by atomic mass is 28.4. The number of ether oxygens (including phenoxy) is 3. The second-order valence-corrected chi connectivity index (χ2v) is 11.8. The van der Waals surface area contributed by atoms with Gasteiger partial charge in [0.15, 0.2) is 0 Å². The highest BCUT2D eigenvalue weighted by Crippen LogP contribution is 2.34. The first-order valence-electron chi connectivity index (χ1n) is 10.3. The number of hydrogen-bond donors (Lipinski definition) is 0. The lowest BCUT2D eigenvalue weighted by molar-refractivity contribution is -0.145. The first-order chi connectivity index (χ1) is 13.5. The number of methoxy groups -OCH3 is 1. The predicted octanol–water partition coefficient (Wildman–Crippen LogP) is 4.94. The van der Waals surface area contributed by atoms with E-state index in [0.717, 1.165) is 23.9 Å². The fraction of sp³-hybridized carbons (Fsp3) is 0.591. The molecule has 3 atom stereocenters. The molecule has 28 heavy (non-hydrogen) atoms. The van der Waals surface area contributed by atoms with Gasteiger partial charge in [0.05, 0.1) is 12.0 Å². The van der Waals surface area contributed by atoms with Gasteiger partial charge in [-0.3, -0.25) is 4.79 Å². The number of rotatable bonds is 10. The molecule has 1 aromatic rings. The van der Waals surface area contributed by atoms with Crippen LogP contribution in [0.1, 0.15) is 34.1 Å². The van der Waals surface area contributed by atoms with Crippen molar-refractivity contribution in [2.45, 2.75) is 64.5 Å². The normalized spacial score (nSPS) is 22.5. The summed E-state index contributed by atoms with van der Waals surface area (Å²) in [5.74, 6) is 0.629. The van der Waals surface area contributed by atoms with Crippen molar-refractivity contribution in [2.24, 2.45) is 5.92 Å². The average molecular weight is 407 g/mol. The van der Waals surface area contributed by atoms with Crippen LogP contribution >= 0.6 is 0 Å². The van der Waals surface area contributed by atoms with Crippen molar-refractivity contribution < 1.29 is 23.4 Å². The van der Waals surface area contributed by atoms with Gasteiger partial charge in [0, 0.05) is 13.7 Å². The summed E-state index contributed by atoms with van der Waals surface area (Å²) in [7, 11) is -0.183. The summed E-state index contributed by atoms with van der Waals surface area (Å²) in [5, 5.41) is 0. The largest absolute Gasteiger partial charge is 0.545 e. The van der Waals surface area contributed by atoms with Gasteiger partial charge in [-0.25, -0.2) is 0 Å². The third kappa shape index (κ3) is 5.46. The van der Waals surface area contributed by atoms with Gasteiger partial charge in [-0.1, -0.05) is 39.0 Å². The van der Waals surface area contributed by atoms with Crippen molar-refractivity contribution in [1.29, 1.82) is 0 Å². The Kier molecular flexibility index (Phi) is 8.73. The van der Waals surface area contributed by atoms with Gasteiger partial charge in [-0.15, -0.1) is 0 Å². The van der Waals surface area contributed by atoms with Crippen LogP contribution in [0, 0.1) is 5.92 Å². The topological polar surface area (TPSA) is 54.0 Å². The standard InChI is InChI=1S/C22H34O5Si/c1-6-25-19-16-21(27-28(7-2,8-3)9-4)20(24-5)15-18(19)22(23)26-17-13-11-10-12-14-17/h10-14,16,18-20H,6-9,15H2,1-5H3/t18-,19+,20-/m1/s1. The minimum Gasteiger partial charge on any atom is -0.545 e. The molecule has 0 unspecified atom stereocenters. The van der Waals surface area contributed by atoms with Gasteiger partial charge >= 0.3 is 5.97 Å². The van der Waals surface area contributed by atoms with Gasteiger partial charge in [-0.05, 0) is 49.7 Å². The second-order valence-electron chi connectivity index (χ2n) is 7.14. The minimum atomic E-state index is -1.85. The maximum absolute atomic E-state index is 12.9. The first-order valence-corrected chi connectivity index (χ1v) is 12.9. The van der Waals surface area contributed by atoms with Crippen LogP contribution in [-0.4, -0.2) is 40.2 Å². The third-order valence-electron chi connectivity index (χ3n) is 5.69. The molecule has 0 heterocycles. The van der Waals surface area contributed by atoms with E-state index in [2.05, 4.69) is 20.8 Å². The fourth-order valence-electron chi connectivity index (χ4n) is 3.66. The van der Waals surface area contributed by atoms with Crippen LogP contribution in [0.2, 0.25) is 18.1 Å². The van der Waals surface area contributed by atoms with Gasteiger partial charge in [0.2, 0.25) is 8.32 Å². The number of hydrogen-bond acceptors (Lipinski definition) is 5. The number of carbonyl (C=O) groups excluding carboxylic acids is 1. The molecule has 1 aromatic carbocycles. The summed E-state index contributed by atoms with van der Waals surface area (Å²) in [4.78, 5) is 12.9. The molecule has 0 saturated heterocycles. The van der Waals surface area contributed by atoms with Gasteiger partial charge < -0.3 is 18.6 Å². The molecule has 0 saturated carbocycles. The molecule has 1 aliphatic carbocycles. The van der Waals surface area contributed by atoms with Crippen LogP contribution in [0.5, 0.6) is 5.75 Å². The predicted molar refractivity (Wildman–Crippen MR) is 113 cm³/mol. The van der Waals surface area contributed by atoms with Gasteiger partial charge in [-0.2, -0.15) is 0 Å².